The third kappa shape index (κ3) is 3.58. The van der Waals surface area contributed by atoms with Crippen molar-refractivity contribution in [3.05, 3.63) is 24.3 Å². The predicted octanol–water partition coefficient (Wildman–Crippen LogP) is 2.53. The molecule has 2 aliphatic rings. The number of benzene rings is 1. The number of ether oxygens (including phenoxy) is 1. The van der Waals surface area contributed by atoms with E-state index < -0.39 is 0 Å². The van der Waals surface area contributed by atoms with E-state index in [1.165, 1.54) is 12.8 Å². The van der Waals surface area contributed by atoms with Crippen LogP contribution in [0.4, 0.5) is 0 Å². The highest BCUT2D eigenvalue weighted by Gasteiger charge is 2.32. The maximum Gasteiger partial charge on any atom is 0.235 e. The number of thioether (sulfide) groups is 1. The number of fused-ring (bicyclic) bond motifs is 2. The SMILES string of the molecule is COc1ccc(SC(C)C(=O)N2CCC3CCC(C2)N3)cc1. The van der Waals surface area contributed by atoms with Gasteiger partial charge in [0.2, 0.25) is 5.91 Å². The van der Waals surface area contributed by atoms with Crippen LogP contribution in [0, 0.1) is 0 Å². The molecule has 2 saturated heterocycles. The Labute approximate surface area is 136 Å². The largest absolute Gasteiger partial charge is 0.497 e. The maximum absolute atomic E-state index is 12.7. The molecule has 5 heteroatoms. The van der Waals surface area contributed by atoms with E-state index in [4.69, 9.17) is 4.74 Å². The molecule has 0 aliphatic carbocycles. The van der Waals surface area contributed by atoms with Gasteiger partial charge in [0, 0.05) is 30.1 Å². The minimum Gasteiger partial charge on any atom is -0.497 e. The van der Waals surface area contributed by atoms with E-state index in [-0.39, 0.29) is 11.2 Å². The molecule has 0 saturated carbocycles. The Morgan fingerprint density at radius 3 is 2.73 bits per heavy atom. The van der Waals surface area contributed by atoms with E-state index in [0.29, 0.717) is 12.1 Å². The van der Waals surface area contributed by atoms with E-state index in [0.717, 1.165) is 30.2 Å². The van der Waals surface area contributed by atoms with Crippen molar-refractivity contribution in [3.63, 3.8) is 0 Å². The third-order valence-corrected chi connectivity index (χ3v) is 5.65. The number of carbonyl (C=O) groups excluding carboxylic acids is 1. The van der Waals surface area contributed by atoms with Gasteiger partial charge in [0.15, 0.2) is 0 Å². The Morgan fingerprint density at radius 1 is 1.27 bits per heavy atom. The molecule has 1 amide bonds. The number of nitrogens with zero attached hydrogens (tertiary/aromatic N) is 1. The summed E-state index contributed by atoms with van der Waals surface area (Å²) in [5, 5.41) is 3.57. The average molecular weight is 320 g/mol. The molecule has 2 fully saturated rings. The smallest absolute Gasteiger partial charge is 0.235 e. The minimum absolute atomic E-state index is 0.0509. The molecular weight excluding hydrogens is 296 g/mol. The molecule has 2 bridgehead atoms. The topological polar surface area (TPSA) is 41.6 Å². The fraction of sp³-hybridized carbons (Fsp3) is 0.588. The molecule has 1 aromatic rings. The predicted molar refractivity (Wildman–Crippen MR) is 89.5 cm³/mol. The number of hydrogen-bond donors (Lipinski definition) is 1. The highest BCUT2D eigenvalue weighted by atomic mass is 32.2. The van der Waals surface area contributed by atoms with Crippen molar-refractivity contribution < 1.29 is 9.53 Å². The van der Waals surface area contributed by atoms with Gasteiger partial charge >= 0.3 is 0 Å². The quantitative estimate of drug-likeness (QED) is 0.866. The Hall–Kier alpha value is -1.20. The summed E-state index contributed by atoms with van der Waals surface area (Å²) >= 11 is 1.62. The van der Waals surface area contributed by atoms with Crippen molar-refractivity contribution in [2.24, 2.45) is 0 Å². The second kappa shape index (κ2) is 6.92. The lowest BCUT2D eigenvalue weighted by molar-refractivity contribution is -0.130. The van der Waals surface area contributed by atoms with Gasteiger partial charge in [-0.25, -0.2) is 0 Å². The van der Waals surface area contributed by atoms with E-state index in [1.807, 2.05) is 31.2 Å². The number of amides is 1. The lowest BCUT2D eigenvalue weighted by Gasteiger charge is -2.27. The van der Waals surface area contributed by atoms with Crippen LogP contribution in [0.25, 0.3) is 0 Å². The van der Waals surface area contributed by atoms with Crippen LogP contribution in [-0.4, -0.2) is 48.3 Å². The van der Waals surface area contributed by atoms with Crippen LogP contribution in [0.3, 0.4) is 0 Å². The van der Waals surface area contributed by atoms with Crippen LogP contribution < -0.4 is 10.1 Å². The lowest BCUT2D eigenvalue weighted by atomic mass is 10.1. The molecule has 2 heterocycles. The van der Waals surface area contributed by atoms with Gasteiger partial charge in [0.1, 0.15) is 5.75 Å². The summed E-state index contributed by atoms with van der Waals surface area (Å²) < 4.78 is 5.17. The highest BCUT2D eigenvalue weighted by molar-refractivity contribution is 8.00. The molecule has 22 heavy (non-hydrogen) atoms. The summed E-state index contributed by atoms with van der Waals surface area (Å²) in [5.41, 5.74) is 0. The van der Waals surface area contributed by atoms with Gasteiger partial charge in [-0.3, -0.25) is 4.79 Å². The fourth-order valence-corrected chi connectivity index (χ4v) is 4.26. The first-order valence-electron chi connectivity index (χ1n) is 8.01. The van der Waals surface area contributed by atoms with E-state index in [9.17, 15) is 4.79 Å². The molecule has 0 aromatic heterocycles. The fourth-order valence-electron chi connectivity index (χ4n) is 3.31. The Balaban J connectivity index is 1.58. The molecule has 4 nitrogen and oxygen atoms in total. The summed E-state index contributed by atoms with van der Waals surface area (Å²) in [7, 11) is 1.66. The summed E-state index contributed by atoms with van der Waals surface area (Å²) in [6.07, 6.45) is 3.56. The summed E-state index contributed by atoms with van der Waals surface area (Å²) in [4.78, 5) is 15.9. The first-order chi connectivity index (χ1) is 10.7. The number of rotatable bonds is 4. The first-order valence-corrected chi connectivity index (χ1v) is 8.89. The molecule has 1 N–H and O–H groups in total. The third-order valence-electron chi connectivity index (χ3n) is 4.55. The number of carbonyl (C=O) groups is 1. The van der Waals surface area contributed by atoms with Gasteiger partial charge in [0.05, 0.1) is 12.4 Å². The number of nitrogens with one attached hydrogen (secondary N) is 1. The van der Waals surface area contributed by atoms with Crippen LogP contribution in [0.2, 0.25) is 0 Å². The van der Waals surface area contributed by atoms with Crippen LogP contribution >= 0.6 is 11.8 Å². The lowest BCUT2D eigenvalue weighted by Crippen LogP contribution is -2.42. The molecule has 3 unspecified atom stereocenters. The van der Waals surface area contributed by atoms with Gasteiger partial charge in [-0.15, -0.1) is 11.8 Å². The molecule has 3 rings (SSSR count). The van der Waals surface area contributed by atoms with Crippen LogP contribution in [0.1, 0.15) is 26.2 Å². The molecule has 0 radical (unpaired) electrons. The number of likely N-dealkylation sites (tertiary alicyclic amines) is 1. The zero-order valence-corrected chi connectivity index (χ0v) is 14.1. The normalized spacial score (nSPS) is 25.6. The van der Waals surface area contributed by atoms with Crippen molar-refractivity contribution >= 4 is 17.7 Å². The van der Waals surface area contributed by atoms with Gasteiger partial charge < -0.3 is 15.0 Å². The molecule has 120 valence electrons. The zero-order valence-electron chi connectivity index (χ0n) is 13.2. The van der Waals surface area contributed by atoms with Crippen molar-refractivity contribution in [1.29, 1.82) is 0 Å². The molecule has 3 atom stereocenters. The molecule has 2 aliphatic heterocycles. The van der Waals surface area contributed by atoms with E-state index >= 15 is 0 Å². The molecule has 1 aromatic carbocycles. The van der Waals surface area contributed by atoms with Crippen LogP contribution in [0.15, 0.2) is 29.2 Å². The van der Waals surface area contributed by atoms with E-state index in [1.54, 1.807) is 18.9 Å². The Kier molecular flexibility index (Phi) is 4.93. The van der Waals surface area contributed by atoms with Crippen LogP contribution in [-0.2, 0) is 4.79 Å². The van der Waals surface area contributed by atoms with Gasteiger partial charge in [-0.1, -0.05) is 0 Å². The standard InChI is InChI=1S/C17H24N2O2S/c1-12(22-16-7-5-15(21-2)6-8-16)17(20)19-10-9-13-3-4-14(11-19)18-13/h5-8,12-14,18H,3-4,9-11H2,1-2H3. The molecule has 0 spiro atoms. The second-order valence-corrected chi connectivity index (χ2v) is 7.56. The van der Waals surface area contributed by atoms with Crippen molar-refractivity contribution in [2.45, 2.75) is 48.4 Å². The average Bonchev–Trinajstić information content (AvgIpc) is 2.86. The molecular formula is C17H24N2O2S. The second-order valence-electron chi connectivity index (χ2n) is 6.15. The van der Waals surface area contributed by atoms with Crippen LogP contribution in [0.5, 0.6) is 5.75 Å². The summed E-state index contributed by atoms with van der Waals surface area (Å²) in [6, 6.07) is 9.02. The van der Waals surface area contributed by atoms with E-state index in [2.05, 4.69) is 10.2 Å². The number of methoxy groups -OCH3 is 1. The van der Waals surface area contributed by atoms with Crippen molar-refractivity contribution in [3.8, 4) is 5.75 Å². The van der Waals surface area contributed by atoms with Gasteiger partial charge in [-0.05, 0) is 50.5 Å². The minimum atomic E-state index is -0.0509. The highest BCUT2D eigenvalue weighted by Crippen LogP contribution is 2.28. The summed E-state index contributed by atoms with van der Waals surface area (Å²) in [6.45, 7) is 3.76. The maximum atomic E-state index is 12.7. The monoisotopic (exact) mass is 320 g/mol. The summed E-state index contributed by atoms with van der Waals surface area (Å²) in [5.74, 6) is 1.10. The zero-order chi connectivity index (χ0) is 15.5. The Morgan fingerprint density at radius 2 is 2.00 bits per heavy atom. The Bertz CT molecular complexity index is 520. The number of hydrogen-bond acceptors (Lipinski definition) is 4. The van der Waals surface area contributed by atoms with Crippen molar-refractivity contribution in [1.82, 2.24) is 10.2 Å². The van der Waals surface area contributed by atoms with Gasteiger partial charge in [0.25, 0.3) is 0 Å². The van der Waals surface area contributed by atoms with Crippen molar-refractivity contribution in [2.75, 3.05) is 20.2 Å². The van der Waals surface area contributed by atoms with Gasteiger partial charge in [-0.2, -0.15) is 0 Å². The first kappa shape index (κ1) is 15.7.